The Morgan fingerprint density at radius 2 is 2.05 bits per heavy atom. The van der Waals surface area contributed by atoms with Crippen LogP contribution < -0.4 is 15.4 Å². The maximum Gasteiger partial charge on any atom is 0.154 e. The lowest BCUT2D eigenvalue weighted by atomic mass is 9.90. The van der Waals surface area contributed by atoms with Crippen LogP contribution in [-0.2, 0) is 0 Å². The van der Waals surface area contributed by atoms with Crippen LogP contribution in [0.2, 0.25) is 0 Å². The summed E-state index contributed by atoms with van der Waals surface area (Å²) in [6.45, 7) is 0.882. The first-order chi connectivity index (χ1) is 10.6. The second kappa shape index (κ2) is 5.25. The van der Waals surface area contributed by atoms with Crippen molar-refractivity contribution in [1.82, 2.24) is 0 Å². The molecule has 2 N–H and O–H groups in total. The highest BCUT2D eigenvalue weighted by Crippen LogP contribution is 2.50. The van der Waals surface area contributed by atoms with E-state index < -0.39 is 0 Å². The van der Waals surface area contributed by atoms with Gasteiger partial charge in [0, 0.05) is 28.7 Å². The molecule has 0 unspecified atom stereocenters. The highest BCUT2D eigenvalue weighted by Gasteiger charge is 2.37. The van der Waals surface area contributed by atoms with Crippen molar-refractivity contribution in [3.05, 3.63) is 52.3 Å². The number of halogens is 2. The van der Waals surface area contributed by atoms with E-state index in [9.17, 15) is 4.39 Å². The lowest BCUT2D eigenvalue weighted by Crippen LogP contribution is -2.45. The van der Waals surface area contributed by atoms with Crippen molar-refractivity contribution in [3.63, 3.8) is 0 Å². The van der Waals surface area contributed by atoms with E-state index in [2.05, 4.69) is 20.8 Å². The molecule has 2 aliphatic rings. The van der Waals surface area contributed by atoms with Gasteiger partial charge in [-0.2, -0.15) is 0 Å². The van der Waals surface area contributed by atoms with Crippen LogP contribution in [0.15, 0.2) is 40.9 Å². The topological polar surface area (TPSA) is 38.5 Å². The Hall–Kier alpha value is -1.59. The summed E-state index contributed by atoms with van der Waals surface area (Å²) in [6, 6.07) is 10.9. The zero-order valence-corrected chi connectivity index (χ0v) is 13.5. The number of ether oxygens (including phenoxy) is 1. The summed E-state index contributed by atoms with van der Waals surface area (Å²) in [7, 11) is 0. The van der Waals surface area contributed by atoms with Gasteiger partial charge in [0.25, 0.3) is 0 Å². The van der Waals surface area contributed by atoms with Crippen LogP contribution in [0.5, 0.6) is 11.5 Å². The smallest absolute Gasteiger partial charge is 0.154 e. The number of piperidine rings is 1. The Morgan fingerprint density at radius 3 is 2.91 bits per heavy atom. The Bertz CT molecular complexity index is 737. The lowest BCUT2D eigenvalue weighted by molar-refractivity contribution is 0.408. The molecular formula is C17H16BrFN2O. The second-order valence-corrected chi connectivity index (χ2v) is 6.67. The molecule has 2 atom stereocenters. The van der Waals surface area contributed by atoms with Crippen molar-refractivity contribution in [2.75, 3.05) is 11.4 Å². The van der Waals surface area contributed by atoms with Crippen molar-refractivity contribution in [1.29, 1.82) is 0 Å². The number of para-hydroxylation sites is 1. The summed E-state index contributed by atoms with van der Waals surface area (Å²) in [5.41, 5.74) is 8.38. The van der Waals surface area contributed by atoms with Crippen molar-refractivity contribution in [2.24, 2.45) is 5.73 Å². The van der Waals surface area contributed by atoms with E-state index in [0.29, 0.717) is 10.2 Å². The molecule has 4 rings (SSSR count). The van der Waals surface area contributed by atoms with Crippen molar-refractivity contribution < 1.29 is 9.13 Å². The summed E-state index contributed by atoms with van der Waals surface area (Å²) < 4.78 is 20.6. The molecule has 0 amide bonds. The number of rotatable bonds is 0. The van der Waals surface area contributed by atoms with Gasteiger partial charge >= 0.3 is 0 Å². The van der Waals surface area contributed by atoms with Gasteiger partial charge in [-0.3, -0.25) is 0 Å². The SMILES string of the molecule is N[C@@H]1CCCN2c3c(Br)cc(F)cc3Oc3ccccc3[C@H]12. The first-order valence-electron chi connectivity index (χ1n) is 7.43. The molecule has 1 fully saturated rings. The first kappa shape index (κ1) is 14.0. The second-order valence-electron chi connectivity index (χ2n) is 5.82. The highest BCUT2D eigenvalue weighted by atomic mass is 79.9. The van der Waals surface area contributed by atoms with Gasteiger partial charge in [0.05, 0.1) is 11.7 Å². The third-order valence-electron chi connectivity index (χ3n) is 4.42. The molecule has 0 bridgehead atoms. The largest absolute Gasteiger partial charge is 0.455 e. The van der Waals surface area contributed by atoms with Gasteiger partial charge < -0.3 is 15.4 Å². The van der Waals surface area contributed by atoms with Crippen LogP contribution in [0.1, 0.15) is 24.4 Å². The Balaban J connectivity index is 1.98. The van der Waals surface area contributed by atoms with Crippen LogP contribution >= 0.6 is 15.9 Å². The fraction of sp³-hybridized carbons (Fsp3) is 0.294. The normalized spacial score (nSPS) is 23.0. The Kier molecular flexibility index (Phi) is 3.35. The highest BCUT2D eigenvalue weighted by molar-refractivity contribution is 9.10. The van der Waals surface area contributed by atoms with Crippen molar-refractivity contribution in [3.8, 4) is 11.5 Å². The molecule has 2 aliphatic heterocycles. The van der Waals surface area contributed by atoms with E-state index in [1.165, 1.54) is 12.1 Å². The van der Waals surface area contributed by atoms with Gasteiger partial charge in [-0.1, -0.05) is 18.2 Å². The molecule has 1 saturated heterocycles. The molecule has 5 heteroatoms. The summed E-state index contributed by atoms with van der Waals surface area (Å²) in [5, 5.41) is 0. The number of anilines is 1. The van der Waals surface area contributed by atoms with Crippen molar-refractivity contribution in [2.45, 2.75) is 24.9 Å². The molecule has 22 heavy (non-hydrogen) atoms. The summed E-state index contributed by atoms with van der Waals surface area (Å²) in [5.74, 6) is 0.977. The third-order valence-corrected chi connectivity index (χ3v) is 5.02. The standard InChI is InChI=1S/C17H16BrFN2O/c18-12-8-10(19)9-15-17(12)21-7-3-5-13(20)16(21)11-4-1-2-6-14(11)22-15/h1-2,4,6,8-9,13,16H,3,5,7,20H2/t13-,16-/m1/s1. The number of fused-ring (bicyclic) bond motifs is 5. The van der Waals surface area contributed by atoms with Crippen LogP contribution in [0.3, 0.4) is 0 Å². The molecule has 0 aromatic heterocycles. The van der Waals surface area contributed by atoms with Gasteiger partial charge in [0.1, 0.15) is 11.6 Å². The van der Waals surface area contributed by atoms with E-state index in [4.69, 9.17) is 10.5 Å². The maximum atomic E-state index is 13.8. The first-order valence-corrected chi connectivity index (χ1v) is 8.22. The lowest BCUT2D eigenvalue weighted by Gasteiger charge is -2.41. The Morgan fingerprint density at radius 1 is 1.23 bits per heavy atom. The minimum Gasteiger partial charge on any atom is -0.455 e. The molecule has 0 aliphatic carbocycles. The summed E-state index contributed by atoms with van der Waals surface area (Å²) >= 11 is 3.49. The molecule has 0 radical (unpaired) electrons. The fourth-order valence-corrected chi connectivity index (χ4v) is 4.15. The molecule has 0 saturated carbocycles. The van der Waals surface area contributed by atoms with Crippen LogP contribution in [0.4, 0.5) is 10.1 Å². The zero-order valence-electron chi connectivity index (χ0n) is 11.9. The summed E-state index contributed by atoms with van der Waals surface area (Å²) in [6.07, 6.45) is 1.99. The van der Waals surface area contributed by atoms with E-state index >= 15 is 0 Å². The average Bonchev–Trinajstić information content (AvgIpc) is 2.61. The number of nitrogens with two attached hydrogens (primary N) is 1. The van der Waals surface area contributed by atoms with Gasteiger partial charge in [-0.05, 0) is 40.9 Å². The van der Waals surface area contributed by atoms with Gasteiger partial charge in [-0.15, -0.1) is 0 Å². The van der Waals surface area contributed by atoms with Crippen LogP contribution in [0, 0.1) is 5.82 Å². The van der Waals surface area contributed by atoms with Crippen molar-refractivity contribution >= 4 is 21.6 Å². The minimum atomic E-state index is -0.317. The number of hydrogen-bond donors (Lipinski definition) is 1. The van der Waals surface area contributed by atoms with E-state index in [1.807, 2.05) is 24.3 Å². The van der Waals surface area contributed by atoms with E-state index in [0.717, 1.165) is 36.4 Å². The fourth-order valence-electron chi connectivity index (χ4n) is 3.51. The predicted octanol–water partition coefficient (Wildman–Crippen LogP) is 4.36. The molecule has 2 aromatic rings. The molecule has 0 spiro atoms. The summed E-state index contributed by atoms with van der Waals surface area (Å²) in [4.78, 5) is 2.25. The average molecular weight is 363 g/mol. The zero-order chi connectivity index (χ0) is 15.3. The number of hydrogen-bond acceptors (Lipinski definition) is 3. The number of nitrogens with zero attached hydrogens (tertiary/aromatic N) is 1. The van der Waals surface area contributed by atoms with Gasteiger partial charge in [-0.25, -0.2) is 4.39 Å². The molecular weight excluding hydrogens is 347 g/mol. The minimum absolute atomic E-state index is 0.0291. The third kappa shape index (κ3) is 2.11. The molecule has 2 heterocycles. The van der Waals surface area contributed by atoms with E-state index in [1.54, 1.807) is 0 Å². The van der Waals surface area contributed by atoms with Gasteiger partial charge in [0.15, 0.2) is 5.75 Å². The quantitative estimate of drug-likeness (QED) is 0.756. The molecule has 2 aromatic carbocycles. The van der Waals surface area contributed by atoms with E-state index in [-0.39, 0.29) is 17.9 Å². The molecule has 3 nitrogen and oxygen atoms in total. The Labute approximate surface area is 137 Å². The monoisotopic (exact) mass is 362 g/mol. The molecule has 114 valence electrons. The van der Waals surface area contributed by atoms with Crippen LogP contribution in [0.25, 0.3) is 0 Å². The predicted molar refractivity (Wildman–Crippen MR) is 87.9 cm³/mol. The number of benzene rings is 2. The maximum absolute atomic E-state index is 13.8. The van der Waals surface area contributed by atoms with Crippen LogP contribution in [-0.4, -0.2) is 12.6 Å². The van der Waals surface area contributed by atoms with Gasteiger partial charge in [0.2, 0.25) is 0 Å².